The van der Waals surface area contributed by atoms with E-state index in [1.807, 2.05) is 27.1 Å². The van der Waals surface area contributed by atoms with Crippen LogP contribution in [-0.4, -0.2) is 42.1 Å². The molecule has 112 valence electrons. The van der Waals surface area contributed by atoms with E-state index in [9.17, 15) is 4.39 Å². The van der Waals surface area contributed by atoms with Crippen molar-refractivity contribution in [3.05, 3.63) is 41.8 Å². The summed E-state index contributed by atoms with van der Waals surface area (Å²) in [6.07, 6.45) is 0. The lowest BCUT2D eigenvalue weighted by Crippen LogP contribution is -2.21. The molecule has 0 saturated carbocycles. The quantitative estimate of drug-likeness (QED) is 0.856. The molecule has 21 heavy (non-hydrogen) atoms. The Labute approximate surface area is 124 Å². The number of anilines is 3. The zero-order valence-electron chi connectivity index (χ0n) is 12.5. The molecule has 5 nitrogen and oxygen atoms in total. The zero-order chi connectivity index (χ0) is 15.2. The average Bonchev–Trinajstić information content (AvgIpc) is 2.40. The van der Waals surface area contributed by atoms with E-state index in [0.717, 1.165) is 24.5 Å². The van der Waals surface area contributed by atoms with Crippen LogP contribution in [0.2, 0.25) is 0 Å². The van der Waals surface area contributed by atoms with Crippen LogP contribution in [0.5, 0.6) is 0 Å². The maximum absolute atomic E-state index is 12.9. The van der Waals surface area contributed by atoms with Crippen LogP contribution >= 0.6 is 0 Å². The van der Waals surface area contributed by atoms with Crippen LogP contribution in [-0.2, 0) is 0 Å². The molecule has 0 amide bonds. The largest absolute Gasteiger partial charge is 0.353 e. The van der Waals surface area contributed by atoms with Crippen molar-refractivity contribution in [3.63, 3.8) is 0 Å². The van der Waals surface area contributed by atoms with E-state index >= 15 is 0 Å². The summed E-state index contributed by atoms with van der Waals surface area (Å²) in [7, 11) is 4.03. The molecule has 0 atom stereocenters. The van der Waals surface area contributed by atoms with E-state index in [1.165, 1.54) is 12.1 Å². The third-order valence-corrected chi connectivity index (χ3v) is 2.81. The fraction of sp³-hybridized carbons (Fsp3) is 0.333. The maximum Gasteiger partial charge on any atom is 0.224 e. The van der Waals surface area contributed by atoms with Crippen LogP contribution < -0.4 is 10.6 Å². The third kappa shape index (κ3) is 5.00. The van der Waals surface area contributed by atoms with Crippen molar-refractivity contribution in [2.24, 2.45) is 0 Å². The van der Waals surface area contributed by atoms with Gasteiger partial charge in [0.25, 0.3) is 0 Å². The Hall–Kier alpha value is -2.21. The normalized spacial score (nSPS) is 10.7. The van der Waals surface area contributed by atoms with Crippen molar-refractivity contribution < 1.29 is 4.39 Å². The standard InChI is InChI=1S/C15H20FN5/c1-11-10-14(19-13-6-4-12(16)5-7-13)20-15(18-11)17-8-9-21(2)3/h4-7,10H,8-9H2,1-3H3,(H2,17,18,19,20). The molecule has 1 aromatic carbocycles. The number of hydrogen-bond acceptors (Lipinski definition) is 5. The summed E-state index contributed by atoms with van der Waals surface area (Å²) in [5, 5.41) is 6.33. The summed E-state index contributed by atoms with van der Waals surface area (Å²) in [5.74, 6) is 1.01. The predicted octanol–water partition coefficient (Wildman–Crippen LogP) is 2.64. The topological polar surface area (TPSA) is 53.1 Å². The van der Waals surface area contributed by atoms with Gasteiger partial charge in [0.1, 0.15) is 11.6 Å². The molecule has 0 unspecified atom stereocenters. The van der Waals surface area contributed by atoms with E-state index in [4.69, 9.17) is 0 Å². The van der Waals surface area contributed by atoms with Crippen molar-refractivity contribution in [1.82, 2.24) is 14.9 Å². The number of benzene rings is 1. The number of nitrogens with zero attached hydrogens (tertiary/aromatic N) is 3. The number of aromatic nitrogens is 2. The summed E-state index contributed by atoms with van der Waals surface area (Å²) < 4.78 is 12.9. The van der Waals surface area contributed by atoms with E-state index in [0.29, 0.717) is 11.8 Å². The molecule has 6 heteroatoms. The molecular weight excluding hydrogens is 269 g/mol. The van der Waals surface area contributed by atoms with Gasteiger partial charge in [-0.1, -0.05) is 0 Å². The number of hydrogen-bond donors (Lipinski definition) is 2. The van der Waals surface area contributed by atoms with Crippen molar-refractivity contribution in [1.29, 1.82) is 0 Å². The fourth-order valence-corrected chi connectivity index (χ4v) is 1.78. The molecule has 1 aromatic heterocycles. The molecule has 0 aliphatic heterocycles. The molecule has 0 aliphatic rings. The van der Waals surface area contributed by atoms with Gasteiger partial charge in [0.05, 0.1) is 0 Å². The van der Waals surface area contributed by atoms with E-state index in [-0.39, 0.29) is 5.82 Å². The van der Waals surface area contributed by atoms with Crippen molar-refractivity contribution in [2.45, 2.75) is 6.92 Å². The van der Waals surface area contributed by atoms with Crippen molar-refractivity contribution in [3.8, 4) is 0 Å². The minimum absolute atomic E-state index is 0.259. The van der Waals surface area contributed by atoms with Crippen LogP contribution in [0, 0.1) is 12.7 Å². The zero-order valence-corrected chi connectivity index (χ0v) is 12.5. The van der Waals surface area contributed by atoms with Gasteiger partial charge in [-0.15, -0.1) is 0 Å². The molecule has 0 fully saturated rings. The first-order valence-corrected chi connectivity index (χ1v) is 6.80. The van der Waals surface area contributed by atoms with Gasteiger partial charge in [0.2, 0.25) is 5.95 Å². The number of halogens is 1. The van der Waals surface area contributed by atoms with Crippen LogP contribution in [0.3, 0.4) is 0 Å². The van der Waals surface area contributed by atoms with E-state index < -0.39 is 0 Å². The molecule has 2 aromatic rings. The second-order valence-electron chi connectivity index (χ2n) is 5.08. The monoisotopic (exact) mass is 289 g/mol. The lowest BCUT2D eigenvalue weighted by atomic mass is 10.3. The Morgan fingerprint density at radius 2 is 1.86 bits per heavy atom. The van der Waals surface area contributed by atoms with Gasteiger partial charge in [-0.2, -0.15) is 4.98 Å². The van der Waals surface area contributed by atoms with Gasteiger partial charge >= 0.3 is 0 Å². The second kappa shape index (κ2) is 6.99. The van der Waals surface area contributed by atoms with Crippen LogP contribution in [0.4, 0.5) is 21.8 Å². The summed E-state index contributed by atoms with van der Waals surface area (Å²) in [6.45, 7) is 3.58. The predicted molar refractivity (Wildman–Crippen MR) is 83.5 cm³/mol. The van der Waals surface area contributed by atoms with Gasteiger partial charge in [-0.05, 0) is 45.3 Å². The van der Waals surface area contributed by atoms with Crippen LogP contribution in [0.1, 0.15) is 5.69 Å². The number of rotatable bonds is 6. The van der Waals surface area contributed by atoms with Crippen LogP contribution in [0.15, 0.2) is 30.3 Å². The molecule has 0 saturated heterocycles. The Kier molecular flexibility index (Phi) is 5.05. The van der Waals surface area contributed by atoms with Gasteiger partial charge in [0.15, 0.2) is 0 Å². The summed E-state index contributed by atoms with van der Waals surface area (Å²) in [4.78, 5) is 10.8. The molecule has 0 spiro atoms. The molecule has 2 rings (SSSR count). The molecule has 0 bridgehead atoms. The van der Waals surface area contributed by atoms with Gasteiger partial charge < -0.3 is 15.5 Å². The SMILES string of the molecule is Cc1cc(Nc2ccc(F)cc2)nc(NCCN(C)C)n1. The summed E-state index contributed by atoms with van der Waals surface area (Å²) >= 11 is 0. The van der Waals surface area contributed by atoms with Gasteiger partial charge in [-0.3, -0.25) is 0 Å². The maximum atomic E-state index is 12.9. The van der Waals surface area contributed by atoms with E-state index in [2.05, 4.69) is 25.5 Å². The molecule has 0 radical (unpaired) electrons. The molecule has 0 aliphatic carbocycles. The first-order valence-electron chi connectivity index (χ1n) is 6.80. The number of likely N-dealkylation sites (N-methyl/N-ethyl adjacent to an activating group) is 1. The second-order valence-corrected chi connectivity index (χ2v) is 5.08. The summed E-state index contributed by atoms with van der Waals surface area (Å²) in [5.41, 5.74) is 1.65. The highest BCUT2D eigenvalue weighted by molar-refractivity contribution is 5.57. The highest BCUT2D eigenvalue weighted by Gasteiger charge is 2.03. The fourth-order valence-electron chi connectivity index (χ4n) is 1.78. The number of aryl methyl sites for hydroxylation is 1. The Morgan fingerprint density at radius 3 is 2.52 bits per heavy atom. The first kappa shape index (κ1) is 15.2. The minimum atomic E-state index is -0.259. The number of nitrogens with one attached hydrogen (secondary N) is 2. The van der Waals surface area contributed by atoms with Gasteiger partial charge in [0, 0.05) is 30.5 Å². The van der Waals surface area contributed by atoms with Gasteiger partial charge in [-0.25, -0.2) is 9.37 Å². The average molecular weight is 289 g/mol. The molecule has 2 N–H and O–H groups in total. The summed E-state index contributed by atoms with van der Waals surface area (Å²) in [6, 6.07) is 8.01. The molecular formula is C15H20FN5. The lowest BCUT2D eigenvalue weighted by molar-refractivity contribution is 0.425. The minimum Gasteiger partial charge on any atom is -0.353 e. The third-order valence-electron chi connectivity index (χ3n) is 2.81. The Morgan fingerprint density at radius 1 is 1.14 bits per heavy atom. The van der Waals surface area contributed by atoms with Crippen LogP contribution in [0.25, 0.3) is 0 Å². The Bertz CT molecular complexity index is 583. The Balaban J connectivity index is 2.05. The first-order chi connectivity index (χ1) is 10.0. The highest BCUT2D eigenvalue weighted by atomic mass is 19.1. The molecule has 1 heterocycles. The smallest absolute Gasteiger partial charge is 0.224 e. The highest BCUT2D eigenvalue weighted by Crippen LogP contribution is 2.17. The lowest BCUT2D eigenvalue weighted by Gasteiger charge is -2.12. The van der Waals surface area contributed by atoms with Crippen molar-refractivity contribution >= 4 is 17.5 Å². The van der Waals surface area contributed by atoms with Crippen molar-refractivity contribution in [2.75, 3.05) is 37.8 Å². The van der Waals surface area contributed by atoms with E-state index in [1.54, 1.807) is 12.1 Å².